The molecule has 0 bridgehead atoms. The van der Waals surface area contributed by atoms with Crippen LogP contribution < -0.4 is 4.74 Å². The van der Waals surface area contributed by atoms with Gasteiger partial charge in [-0.25, -0.2) is 8.78 Å². The van der Waals surface area contributed by atoms with Crippen LogP contribution >= 0.6 is 22.6 Å². The molecular formula is C16H14F2INO2. The van der Waals surface area contributed by atoms with Crippen molar-refractivity contribution in [1.82, 2.24) is 4.90 Å². The lowest BCUT2D eigenvalue weighted by atomic mass is 10.1. The Morgan fingerprint density at radius 2 is 1.95 bits per heavy atom. The van der Waals surface area contributed by atoms with Crippen LogP contribution in [0.2, 0.25) is 0 Å². The molecule has 1 aromatic rings. The molecule has 22 heavy (non-hydrogen) atoms. The molecule has 1 aliphatic rings. The van der Waals surface area contributed by atoms with Crippen molar-refractivity contribution in [2.24, 2.45) is 0 Å². The van der Waals surface area contributed by atoms with Crippen molar-refractivity contribution in [3.05, 3.63) is 57.8 Å². The number of hydrogen-bond donors (Lipinski definition) is 0. The van der Waals surface area contributed by atoms with Gasteiger partial charge in [-0.2, -0.15) is 0 Å². The number of rotatable bonds is 4. The minimum atomic E-state index is -2.47. The number of ether oxygens (including phenoxy) is 1. The Kier molecular flexibility index (Phi) is 5.33. The molecule has 1 aromatic carbocycles. The first-order valence-electron chi connectivity index (χ1n) is 6.50. The molecular weight excluding hydrogens is 403 g/mol. The molecule has 2 rings (SSSR count). The molecule has 0 unspecified atom stereocenters. The van der Waals surface area contributed by atoms with E-state index in [4.69, 9.17) is 4.74 Å². The number of benzene rings is 1. The molecule has 0 spiro atoms. The van der Waals surface area contributed by atoms with Gasteiger partial charge in [0.15, 0.2) is 0 Å². The molecule has 0 aliphatic carbocycles. The Labute approximate surface area is 141 Å². The molecule has 0 saturated heterocycles. The maximum atomic E-state index is 12.8. The van der Waals surface area contributed by atoms with Crippen LogP contribution in [0.25, 0.3) is 5.70 Å². The van der Waals surface area contributed by atoms with Crippen molar-refractivity contribution in [3.8, 4) is 5.75 Å². The summed E-state index contributed by atoms with van der Waals surface area (Å²) in [5.41, 5.74) is 1.93. The zero-order valence-corrected chi connectivity index (χ0v) is 14.0. The third-order valence-electron chi connectivity index (χ3n) is 3.01. The number of halogens is 3. The molecule has 0 N–H and O–H groups in total. The van der Waals surface area contributed by atoms with Gasteiger partial charge in [-0.3, -0.25) is 4.79 Å². The first kappa shape index (κ1) is 16.7. The summed E-state index contributed by atoms with van der Waals surface area (Å²) in [5, 5.41) is 0. The fourth-order valence-electron chi connectivity index (χ4n) is 2.07. The highest BCUT2D eigenvalue weighted by atomic mass is 127. The molecule has 0 amide bonds. The maximum Gasteiger partial charge on any atom is 0.308 e. The van der Waals surface area contributed by atoms with Crippen LogP contribution in [-0.2, 0) is 4.79 Å². The van der Waals surface area contributed by atoms with Gasteiger partial charge in [0.05, 0.1) is 6.54 Å². The van der Waals surface area contributed by atoms with Gasteiger partial charge < -0.3 is 9.64 Å². The lowest BCUT2D eigenvalue weighted by Crippen LogP contribution is -2.28. The second-order valence-corrected chi connectivity index (χ2v) is 5.80. The minimum absolute atomic E-state index is 0.408. The zero-order valence-electron chi connectivity index (χ0n) is 11.9. The molecule has 1 aliphatic heterocycles. The monoisotopic (exact) mass is 417 g/mol. The predicted octanol–water partition coefficient (Wildman–Crippen LogP) is 4.37. The summed E-state index contributed by atoms with van der Waals surface area (Å²) in [6.45, 7) is 4.77. The number of carbonyl (C=O) groups is 1. The Morgan fingerprint density at radius 1 is 1.32 bits per heavy atom. The van der Waals surface area contributed by atoms with Crippen LogP contribution in [0.15, 0.2) is 52.3 Å². The van der Waals surface area contributed by atoms with Crippen molar-refractivity contribution < 1.29 is 18.3 Å². The summed E-state index contributed by atoms with van der Waals surface area (Å²) in [5.74, 6) is 0.00634. The van der Waals surface area contributed by atoms with Crippen LogP contribution in [0.3, 0.4) is 0 Å². The summed E-state index contributed by atoms with van der Waals surface area (Å²) >= 11 is 2.07. The quantitative estimate of drug-likeness (QED) is 0.414. The molecule has 3 nitrogen and oxygen atoms in total. The van der Waals surface area contributed by atoms with Crippen LogP contribution in [0, 0.1) is 0 Å². The van der Waals surface area contributed by atoms with E-state index in [0.717, 1.165) is 9.14 Å². The Balaban J connectivity index is 2.31. The molecule has 0 fully saturated rings. The summed E-state index contributed by atoms with van der Waals surface area (Å²) in [4.78, 5) is 12.4. The van der Waals surface area contributed by atoms with Gasteiger partial charge in [-0.05, 0) is 64.6 Å². The summed E-state index contributed by atoms with van der Waals surface area (Å²) in [6.07, 6.45) is 1.14. The highest BCUT2D eigenvalue weighted by Crippen LogP contribution is 2.34. The normalized spacial score (nSPS) is 14.8. The minimum Gasteiger partial charge on any atom is -0.427 e. The van der Waals surface area contributed by atoms with Crippen molar-refractivity contribution in [3.63, 3.8) is 0 Å². The van der Waals surface area contributed by atoms with E-state index in [1.54, 1.807) is 30.3 Å². The van der Waals surface area contributed by atoms with E-state index < -0.39 is 18.9 Å². The second-order valence-electron chi connectivity index (χ2n) is 4.63. The second kappa shape index (κ2) is 7.04. The van der Waals surface area contributed by atoms with Gasteiger partial charge in [-0.15, -0.1) is 0 Å². The number of alkyl halides is 2. The van der Waals surface area contributed by atoms with Gasteiger partial charge in [0.1, 0.15) is 5.75 Å². The van der Waals surface area contributed by atoms with E-state index in [2.05, 4.69) is 29.2 Å². The number of allylic oxidation sites excluding steroid dienone is 3. The van der Waals surface area contributed by atoms with E-state index in [-0.39, 0.29) is 0 Å². The summed E-state index contributed by atoms with van der Waals surface area (Å²) < 4.78 is 31.4. The number of carbonyl (C=O) groups excluding carboxylic acids is 1. The molecule has 0 saturated carbocycles. The van der Waals surface area contributed by atoms with Crippen LogP contribution in [-0.4, -0.2) is 23.8 Å². The van der Waals surface area contributed by atoms with Gasteiger partial charge in [0, 0.05) is 21.9 Å². The topological polar surface area (TPSA) is 29.5 Å². The van der Waals surface area contributed by atoms with Gasteiger partial charge >= 0.3 is 5.97 Å². The van der Waals surface area contributed by atoms with Crippen molar-refractivity contribution in [2.45, 2.75) is 13.3 Å². The molecule has 0 radical (unpaired) electrons. The fourth-order valence-corrected chi connectivity index (χ4v) is 2.54. The highest BCUT2D eigenvalue weighted by Gasteiger charge is 2.23. The largest absolute Gasteiger partial charge is 0.427 e. The van der Waals surface area contributed by atoms with Crippen molar-refractivity contribution in [1.29, 1.82) is 0 Å². The van der Waals surface area contributed by atoms with E-state index in [9.17, 15) is 13.6 Å². The summed E-state index contributed by atoms with van der Waals surface area (Å²) in [6, 6.07) is 6.71. The fraction of sp³-hybridized carbons (Fsp3) is 0.188. The number of hydrogen-bond acceptors (Lipinski definition) is 3. The smallest absolute Gasteiger partial charge is 0.308 e. The van der Waals surface area contributed by atoms with Crippen LogP contribution in [0.1, 0.15) is 12.5 Å². The zero-order chi connectivity index (χ0) is 16.3. The average molecular weight is 417 g/mol. The summed E-state index contributed by atoms with van der Waals surface area (Å²) in [7, 11) is 0. The molecule has 0 aromatic heterocycles. The maximum absolute atomic E-state index is 12.8. The number of nitrogens with zero attached hydrogens (tertiary/aromatic N) is 1. The third kappa shape index (κ3) is 3.94. The lowest BCUT2D eigenvalue weighted by Gasteiger charge is -2.31. The predicted molar refractivity (Wildman–Crippen MR) is 89.7 cm³/mol. The average Bonchev–Trinajstić information content (AvgIpc) is 2.44. The van der Waals surface area contributed by atoms with Gasteiger partial charge in [-0.1, -0.05) is 6.58 Å². The van der Waals surface area contributed by atoms with E-state index in [0.29, 0.717) is 17.1 Å². The molecule has 0 atom stereocenters. The first-order valence-corrected chi connectivity index (χ1v) is 7.57. The van der Waals surface area contributed by atoms with Crippen LogP contribution in [0.4, 0.5) is 8.78 Å². The first-order chi connectivity index (χ1) is 10.4. The van der Waals surface area contributed by atoms with Gasteiger partial charge in [0.2, 0.25) is 0 Å². The Hall–Kier alpha value is -1.70. The van der Waals surface area contributed by atoms with Crippen molar-refractivity contribution in [2.75, 3.05) is 6.54 Å². The highest BCUT2D eigenvalue weighted by molar-refractivity contribution is 14.1. The molecule has 6 heteroatoms. The third-order valence-corrected chi connectivity index (χ3v) is 3.99. The lowest BCUT2D eigenvalue weighted by molar-refractivity contribution is -0.131. The Morgan fingerprint density at radius 3 is 2.50 bits per heavy atom. The number of esters is 1. The van der Waals surface area contributed by atoms with Gasteiger partial charge in [0.25, 0.3) is 6.43 Å². The standard InChI is InChI=1S/C16H14F2INO2/c1-10-14(19)7-8-15(20(10)9-16(17)18)12-3-5-13(6-4-12)22-11(2)21/h3-8,16H,1,9H2,2H3. The van der Waals surface area contributed by atoms with E-state index >= 15 is 0 Å². The van der Waals surface area contributed by atoms with E-state index in [1.807, 2.05) is 6.08 Å². The Bertz CT molecular complexity index is 651. The molecule has 116 valence electrons. The van der Waals surface area contributed by atoms with E-state index in [1.165, 1.54) is 11.8 Å². The molecule has 1 heterocycles. The SMILES string of the molecule is C=C1C(I)=CC=C(c2ccc(OC(C)=O)cc2)N1CC(F)F. The van der Waals surface area contributed by atoms with Crippen molar-refractivity contribution >= 4 is 34.3 Å². The van der Waals surface area contributed by atoms with Crippen LogP contribution in [0.5, 0.6) is 5.75 Å².